The third kappa shape index (κ3) is 5.06. The highest BCUT2D eigenvalue weighted by Gasteiger charge is 2.65. The number of amides is 1. The van der Waals surface area contributed by atoms with E-state index >= 15 is 0 Å². The number of carboxylic acid groups (broad SMARTS) is 1. The van der Waals surface area contributed by atoms with Gasteiger partial charge in [-0.25, -0.2) is 9.59 Å². The number of hydrogen-bond donors (Lipinski definition) is 2. The Morgan fingerprint density at radius 2 is 1.61 bits per heavy atom. The van der Waals surface area contributed by atoms with Crippen LogP contribution in [0.4, 0.5) is 4.79 Å². The maximum atomic E-state index is 12.0. The van der Waals surface area contributed by atoms with Gasteiger partial charge in [-0.3, -0.25) is 0 Å². The summed E-state index contributed by atoms with van der Waals surface area (Å²) in [5.74, 6) is -1.11. The summed E-state index contributed by atoms with van der Waals surface area (Å²) in [5.41, 5.74) is 0.490. The van der Waals surface area contributed by atoms with Gasteiger partial charge in [-0.05, 0) is 72.4 Å². The lowest BCUT2D eigenvalue weighted by Gasteiger charge is -2.32. The minimum atomic E-state index is -1.11. The first-order valence-electron chi connectivity index (χ1n) is 10.8. The first-order valence-corrected chi connectivity index (χ1v) is 10.8. The molecule has 1 aliphatic heterocycles. The van der Waals surface area contributed by atoms with Crippen LogP contribution in [0.15, 0.2) is 24.3 Å². The van der Waals surface area contributed by atoms with Gasteiger partial charge in [0.05, 0.1) is 11.2 Å². The van der Waals surface area contributed by atoms with E-state index in [1.165, 1.54) is 0 Å². The number of alkyl carbamates (subject to hydrolysis) is 1. The molecule has 1 aliphatic carbocycles. The average Bonchev–Trinajstić information content (AvgIpc) is 3.37. The van der Waals surface area contributed by atoms with Gasteiger partial charge < -0.3 is 24.5 Å². The van der Waals surface area contributed by atoms with Crippen LogP contribution in [-0.4, -0.2) is 47.1 Å². The fraction of sp³-hybridized carbons (Fsp3) is 0.652. The summed E-state index contributed by atoms with van der Waals surface area (Å²) in [6.45, 7) is 13.4. The molecular formula is C23H34BNO6. The minimum Gasteiger partial charge on any atom is -0.480 e. The highest BCUT2D eigenvalue weighted by atomic mass is 16.7. The molecule has 31 heavy (non-hydrogen) atoms. The Balaban J connectivity index is 1.68. The molecule has 2 fully saturated rings. The van der Waals surface area contributed by atoms with Gasteiger partial charge in [0.15, 0.2) is 0 Å². The summed E-state index contributed by atoms with van der Waals surface area (Å²) in [6.07, 6.45) is 1.40. The summed E-state index contributed by atoms with van der Waals surface area (Å²) < 4.78 is 17.8. The maximum Gasteiger partial charge on any atom is 0.469 e. The first kappa shape index (κ1) is 23.6. The summed E-state index contributed by atoms with van der Waals surface area (Å²) >= 11 is 0. The van der Waals surface area contributed by atoms with E-state index in [1.54, 1.807) is 20.8 Å². The number of rotatable bonds is 6. The van der Waals surface area contributed by atoms with E-state index in [0.717, 1.165) is 24.0 Å². The van der Waals surface area contributed by atoms with E-state index in [4.69, 9.17) is 14.0 Å². The van der Waals surface area contributed by atoms with Crippen LogP contribution in [-0.2, 0) is 30.6 Å². The second kappa shape index (κ2) is 7.82. The monoisotopic (exact) mass is 431 g/mol. The molecule has 1 amide bonds. The van der Waals surface area contributed by atoms with Crippen LogP contribution in [0.3, 0.4) is 0 Å². The molecule has 1 saturated heterocycles. The summed E-state index contributed by atoms with van der Waals surface area (Å²) in [4.78, 5) is 23.6. The topological polar surface area (TPSA) is 94.1 Å². The number of benzene rings is 1. The van der Waals surface area contributed by atoms with E-state index in [-0.39, 0.29) is 30.1 Å². The lowest BCUT2D eigenvalue weighted by molar-refractivity contribution is -0.139. The smallest absolute Gasteiger partial charge is 0.469 e. The number of carbonyl (C=O) groups excluding carboxylic acids is 1. The molecule has 0 bridgehead atoms. The molecule has 0 radical (unpaired) electrons. The molecule has 170 valence electrons. The number of hydrogen-bond acceptors (Lipinski definition) is 5. The molecule has 1 saturated carbocycles. The molecule has 1 aromatic rings. The molecule has 0 unspecified atom stereocenters. The van der Waals surface area contributed by atoms with Crippen LogP contribution in [0.5, 0.6) is 0 Å². The SMILES string of the molecule is CC(C)(C)OC(=O)N[C@@H](Cc1ccc(C2(B3OC(C)(C)C(C)(C)O3)CC2)cc1)C(=O)O. The molecule has 8 heteroatoms. The van der Waals surface area contributed by atoms with E-state index < -0.39 is 23.7 Å². The number of carbonyl (C=O) groups is 2. The molecule has 7 nitrogen and oxygen atoms in total. The number of ether oxygens (including phenoxy) is 1. The van der Waals surface area contributed by atoms with Gasteiger partial charge in [-0.2, -0.15) is 0 Å². The average molecular weight is 431 g/mol. The molecule has 1 heterocycles. The molecule has 1 aromatic carbocycles. The van der Waals surface area contributed by atoms with E-state index in [2.05, 4.69) is 33.0 Å². The second-order valence-electron chi connectivity index (χ2n) is 10.7. The molecular weight excluding hydrogens is 397 g/mol. The van der Waals surface area contributed by atoms with Crippen molar-refractivity contribution in [1.29, 1.82) is 0 Å². The van der Waals surface area contributed by atoms with Crippen molar-refractivity contribution < 1.29 is 28.7 Å². The van der Waals surface area contributed by atoms with Crippen molar-refractivity contribution in [3.05, 3.63) is 35.4 Å². The number of nitrogens with one attached hydrogen (secondary N) is 1. The standard InChI is InChI=1S/C23H34BNO6/c1-20(2,3)29-19(28)25-17(18(26)27)14-15-8-10-16(11-9-15)23(12-13-23)24-30-21(4,5)22(6,7)31-24/h8-11,17H,12-14H2,1-7H3,(H,25,28)(H,26,27)/t17-/m0/s1. The largest absolute Gasteiger partial charge is 0.480 e. The predicted molar refractivity (Wildman–Crippen MR) is 118 cm³/mol. The summed E-state index contributed by atoms with van der Waals surface area (Å²) in [5, 5.41) is 11.8. The molecule has 1 atom stereocenters. The van der Waals surface area contributed by atoms with E-state index in [1.807, 2.05) is 24.3 Å². The van der Waals surface area contributed by atoms with Crippen molar-refractivity contribution in [1.82, 2.24) is 5.32 Å². The Morgan fingerprint density at radius 1 is 1.10 bits per heavy atom. The van der Waals surface area contributed by atoms with Crippen LogP contribution in [0.25, 0.3) is 0 Å². The summed E-state index contributed by atoms with van der Waals surface area (Å²) in [6, 6.07) is 6.78. The molecule has 2 aliphatic rings. The van der Waals surface area contributed by atoms with Crippen LogP contribution >= 0.6 is 0 Å². The van der Waals surface area contributed by atoms with Crippen molar-refractivity contribution in [3.63, 3.8) is 0 Å². The van der Waals surface area contributed by atoms with Gasteiger partial charge >= 0.3 is 19.2 Å². The Bertz CT molecular complexity index is 823. The fourth-order valence-electron chi connectivity index (χ4n) is 3.72. The van der Waals surface area contributed by atoms with E-state index in [9.17, 15) is 14.7 Å². The third-order valence-corrected chi connectivity index (χ3v) is 6.45. The molecule has 0 aromatic heterocycles. The Kier molecular flexibility index (Phi) is 5.95. The van der Waals surface area contributed by atoms with Crippen LogP contribution in [0, 0.1) is 0 Å². The highest BCUT2D eigenvalue weighted by Crippen LogP contribution is 2.55. The fourth-order valence-corrected chi connectivity index (χ4v) is 3.72. The zero-order valence-corrected chi connectivity index (χ0v) is 19.6. The van der Waals surface area contributed by atoms with Crippen molar-refractivity contribution in [2.75, 3.05) is 0 Å². The highest BCUT2D eigenvalue weighted by molar-refractivity contribution is 6.51. The van der Waals surface area contributed by atoms with Gasteiger partial charge in [0.25, 0.3) is 0 Å². The number of aliphatic carboxylic acids is 1. The van der Waals surface area contributed by atoms with Crippen molar-refractivity contribution >= 4 is 19.2 Å². The van der Waals surface area contributed by atoms with Gasteiger partial charge in [-0.15, -0.1) is 0 Å². The Morgan fingerprint density at radius 3 is 2.03 bits per heavy atom. The summed E-state index contributed by atoms with van der Waals surface area (Å²) in [7, 11) is -0.302. The van der Waals surface area contributed by atoms with Crippen molar-refractivity contribution in [2.24, 2.45) is 0 Å². The quantitative estimate of drug-likeness (QED) is 0.665. The van der Waals surface area contributed by atoms with Gasteiger partial charge in [0.1, 0.15) is 11.6 Å². The predicted octanol–water partition coefficient (Wildman–Crippen LogP) is 3.87. The molecule has 2 N–H and O–H groups in total. The second-order valence-corrected chi connectivity index (χ2v) is 10.7. The Hall–Kier alpha value is -2.06. The zero-order chi connectivity index (χ0) is 23.2. The number of carboxylic acids is 1. The van der Waals surface area contributed by atoms with Crippen LogP contribution in [0.1, 0.15) is 72.4 Å². The lowest BCUT2D eigenvalue weighted by Crippen LogP contribution is -2.44. The normalized spacial score (nSPS) is 22.0. The lowest BCUT2D eigenvalue weighted by atomic mass is 9.64. The van der Waals surface area contributed by atoms with Crippen LogP contribution in [0.2, 0.25) is 0 Å². The minimum absolute atomic E-state index is 0.162. The molecule has 3 rings (SSSR count). The van der Waals surface area contributed by atoms with Crippen molar-refractivity contribution in [3.8, 4) is 0 Å². The third-order valence-electron chi connectivity index (χ3n) is 6.45. The van der Waals surface area contributed by atoms with Crippen molar-refractivity contribution in [2.45, 2.75) is 95.9 Å². The first-order chi connectivity index (χ1) is 14.2. The van der Waals surface area contributed by atoms with Gasteiger partial charge in [0, 0.05) is 11.7 Å². The van der Waals surface area contributed by atoms with E-state index in [0.29, 0.717) is 0 Å². The molecule has 0 spiro atoms. The van der Waals surface area contributed by atoms with Gasteiger partial charge in [-0.1, -0.05) is 24.3 Å². The Labute approximate surface area is 185 Å². The van der Waals surface area contributed by atoms with Gasteiger partial charge in [0.2, 0.25) is 0 Å². The maximum absolute atomic E-state index is 12.0. The van der Waals surface area contributed by atoms with Crippen LogP contribution < -0.4 is 5.32 Å². The zero-order valence-electron chi connectivity index (χ0n) is 19.6.